The highest BCUT2D eigenvalue weighted by Crippen LogP contribution is 2.14. The molecule has 0 aromatic rings. The Hall–Kier alpha value is -0.830. The van der Waals surface area contributed by atoms with Gasteiger partial charge in [0.15, 0.2) is 0 Å². The predicted molar refractivity (Wildman–Crippen MR) is 67.3 cm³/mol. The molecule has 1 saturated heterocycles. The number of amides is 1. The van der Waals surface area contributed by atoms with Gasteiger partial charge in [-0.15, -0.1) is 0 Å². The summed E-state index contributed by atoms with van der Waals surface area (Å²) < 4.78 is 0. The van der Waals surface area contributed by atoms with Crippen molar-refractivity contribution in [2.24, 2.45) is 5.92 Å². The molecule has 1 amide bonds. The molecule has 0 radical (unpaired) electrons. The van der Waals surface area contributed by atoms with E-state index in [0.717, 1.165) is 25.6 Å². The van der Waals surface area contributed by atoms with Crippen molar-refractivity contribution in [1.82, 2.24) is 10.2 Å². The summed E-state index contributed by atoms with van der Waals surface area (Å²) in [4.78, 5) is 13.9. The monoisotopic (exact) mass is 224 g/mol. The second-order valence-electron chi connectivity index (χ2n) is 5.80. The summed E-state index contributed by atoms with van der Waals surface area (Å²) in [5.74, 6) is 0.802. The molecule has 1 N–H and O–H groups in total. The van der Waals surface area contributed by atoms with Gasteiger partial charge in [-0.05, 0) is 39.7 Å². The maximum absolute atomic E-state index is 11.5. The third-order valence-corrected chi connectivity index (χ3v) is 2.64. The molecule has 1 unspecified atom stereocenters. The van der Waals surface area contributed by atoms with Gasteiger partial charge in [0.1, 0.15) is 0 Å². The van der Waals surface area contributed by atoms with Crippen LogP contribution >= 0.6 is 0 Å². The lowest BCUT2D eigenvalue weighted by Crippen LogP contribution is -2.39. The zero-order chi connectivity index (χ0) is 12.2. The zero-order valence-electron chi connectivity index (χ0n) is 10.9. The summed E-state index contributed by atoms with van der Waals surface area (Å²) >= 11 is 0. The number of hydrogen-bond donors (Lipinski definition) is 1. The van der Waals surface area contributed by atoms with Crippen LogP contribution in [0.4, 0.5) is 0 Å². The second-order valence-corrected chi connectivity index (χ2v) is 5.80. The van der Waals surface area contributed by atoms with E-state index in [1.165, 1.54) is 6.42 Å². The van der Waals surface area contributed by atoms with Crippen molar-refractivity contribution >= 4 is 5.91 Å². The normalized spacial score (nSPS) is 22.9. The minimum absolute atomic E-state index is 0.000236. The van der Waals surface area contributed by atoms with Gasteiger partial charge in [0.25, 0.3) is 0 Å². The average Bonchev–Trinajstić information content (AvgIpc) is 2.48. The first-order chi connectivity index (χ1) is 7.37. The fraction of sp³-hybridized carbons (Fsp3) is 0.769. The van der Waals surface area contributed by atoms with Crippen LogP contribution < -0.4 is 5.32 Å². The number of rotatable bonds is 3. The van der Waals surface area contributed by atoms with E-state index in [0.29, 0.717) is 0 Å². The molecular weight excluding hydrogens is 200 g/mol. The van der Waals surface area contributed by atoms with Crippen LogP contribution in [0.25, 0.3) is 0 Å². The molecule has 0 aromatic heterocycles. The van der Waals surface area contributed by atoms with E-state index < -0.39 is 0 Å². The van der Waals surface area contributed by atoms with E-state index in [9.17, 15) is 4.79 Å². The van der Waals surface area contributed by atoms with Crippen LogP contribution in [0.3, 0.4) is 0 Å². The van der Waals surface area contributed by atoms with Crippen LogP contribution in [0.2, 0.25) is 0 Å². The van der Waals surface area contributed by atoms with Crippen molar-refractivity contribution in [3.8, 4) is 0 Å². The van der Waals surface area contributed by atoms with Crippen molar-refractivity contribution in [3.63, 3.8) is 0 Å². The van der Waals surface area contributed by atoms with Crippen molar-refractivity contribution < 1.29 is 4.79 Å². The molecule has 0 aliphatic carbocycles. The Morgan fingerprint density at radius 3 is 2.69 bits per heavy atom. The summed E-state index contributed by atoms with van der Waals surface area (Å²) in [5, 5.41) is 2.91. The maximum atomic E-state index is 11.5. The molecular formula is C13H24N2O. The minimum Gasteiger partial charge on any atom is -0.348 e. The first-order valence-electron chi connectivity index (χ1n) is 6.08. The van der Waals surface area contributed by atoms with Gasteiger partial charge in [-0.2, -0.15) is 0 Å². The van der Waals surface area contributed by atoms with Crippen LogP contribution in [0.1, 0.15) is 34.1 Å². The topological polar surface area (TPSA) is 32.3 Å². The number of hydrogen-bond acceptors (Lipinski definition) is 2. The molecule has 92 valence electrons. The third kappa shape index (κ3) is 5.31. The average molecular weight is 224 g/mol. The van der Waals surface area contributed by atoms with Crippen molar-refractivity contribution in [2.75, 3.05) is 19.6 Å². The molecule has 1 fully saturated rings. The fourth-order valence-electron chi connectivity index (χ4n) is 1.91. The second kappa shape index (κ2) is 5.48. The van der Waals surface area contributed by atoms with Crippen LogP contribution in [-0.2, 0) is 4.79 Å². The van der Waals surface area contributed by atoms with Gasteiger partial charge in [0, 0.05) is 24.7 Å². The van der Waals surface area contributed by atoms with E-state index in [-0.39, 0.29) is 11.4 Å². The molecule has 0 bridgehead atoms. The highest BCUT2D eigenvalue weighted by atomic mass is 16.1. The van der Waals surface area contributed by atoms with Gasteiger partial charge in [-0.3, -0.25) is 9.69 Å². The van der Waals surface area contributed by atoms with Gasteiger partial charge in [0.2, 0.25) is 5.91 Å². The van der Waals surface area contributed by atoms with E-state index in [1.807, 2.05) is 26.8 Å². The van der Waals surface area contributed by atoms with Crippen LogP contribution in [-0.4, -0.2) is 36.0 Å². The highest BCUT2D eigenvalue weighted by Gasteiger charge is 2.17. The number of likely N-dealkylation sites (tertiary alicyclic amines) is 1. The summed E-state index contributed by atoms with van der Waals surface area (Å²) in [6.07, 6.45) is 4.88. The quantitative estimate of drug-likeness (QED) is 0.741. The molecule has 3 nitrogen and oxygen atoms in total. The smallest absolute Gasteiger partial charge is 0.244 e. The number of carbonyl (C=O) groups is 1. The molecule has 1 aliphatic heterocycles. The molecule has 1 atom stereocenters. The molecule has 1 heterocycles. The number of carbonyl (C=O) groups excluding carboxylic acids is 1. The summed E-state index contributed by atoms with van der Waals surface area (Å²) in [5.41, 5.74) is -0.149. The summed E-state index contributed by atoms with van der Waals surface area (Å²) in [6.45, 7) is 11.4. The Morgan fingerprint density at radius 2 is 2.19 bits per heavy atom. The minimum atomic E-state index is -0.149. The van der Waals surface area contributed by atoms with E-state index in [4.69, 9.17) is 0 Å². The van der Waals surface area contributed by atoms with Gasteiger partial charge in [-0.1, -0.05) is 13.0 Å². The van der Waals surface area contributed by atoms with Gasteiger partial charge in [0.05, 0.1) is 0 Å². The van der Waals surface area contributed by atoms with Crippen LogP contribution in [0.5, 0.6) is 0 Å². The molecule has 0 saturated carbocycles. The predicted octanol–water partition coefficient (Wildman–Crippen LogP) is 1.80. The Morgan fingerprint density at radius 1 is 1.50 bits per heavy atom. The Bertz CT molecular complexity index is 266. The molecule has 16 heavy (non-hydrogen) atoms. The van der Waals surface area contributed by atoms with Crippen LogP contribution in [0, 0.1) is 5.92 Å². The van der Waals surface area contributed by atoms with Crippen LogP contribution in [0.15, 0.2) is 12.2 Å². The standard InChI is InChI=1S/C13H24N2O/c1-11-7-9-15(10-11)8-5-6-12(16)14-13(2,3)4/h5-6,11H,7-10H2,1-4H3,(H,14,16)/b6-5+. The third-order valence-electron chi connectivity index (χ3n) is 2.64. The summed E-state index contributed by atoms with van der Waals surface area (Å²) in [7, 11) is 0. The lowest BCUT2D eigenvalue weighted by atomic mass is 10.1. The molecule has 0 aromatic carbocycles. The van der Waals surface area contributed by atoms with Gasteiger partial charge >= 0.3 is 0 Å². The largest absolute Gasteiger partial charge is 0.348 e. The zero-order valence-corrected chi connectivity index (χ0v) is 10.9. The molecule has 3 heteroatoms. The van der Waals surface area contributed by atoms with Gasteiger partial charge in [-0.25, -0.2) is 0 Å². The van der Waals surface area contributed by atoms with Gasteiger partial charge < -0.3 is 5.32 Å². The summed E-state index contributed by atoms with van der Waals surface area (Å²) in [6, 6.07) is 0. The maximum Gasteiger partial charge on any atom is 0.244 e. The molecule has 0 spiro atoms. The Balaban J connectivity index is 2.24. The van der Waals surface area contributed by atoms with E-state index in [1.54, 1.807) is 6.08 Å². The molecule has 1 rings (SSSR count). The van der Waals surface area contributed by atoms with Crippen molar-refractivity contribution in [1.29, 1.82) is 0 Å². The first-order valence-corrected chi connectivity index (χ1v) is 6.08. The number of nitrogens with one attached hydrogen (secondary N) is 1. The van der Waals surface area contributed by atoms with E-state index >= 15 is 0 Å². The van der Waals surface area contributed by atoms with Crippen molar-refractivity contribution in [2.45, 2.75) is 39.7 Å². The lowest BCUT2D eigenvalue weighted by molar-refractivity contribution is -0.117. The Kier molecular flexibility index (Phi) is 4.54. The number of nitrogens with zero attached hydrogens (tertiary/aromatic N) is 1. The molecule has 1 aliphatic rings. The first kappa shape index (κ1) is 13.2. The van der Waals surface area contributed by atoms with E-state index in [2.05, 4.69) is 17.1 Å². The lowest BCUT2D eigenvalue weighted by Gasteiger charge is -2.19. The SMILES string of the molecule is CC1CCN(C/C=C/C(=O)NC(C)(C)C)C1. The Labute approximate surface area is 98.9 Å². The fourth-order valence-corrected chi connectivity index (χ4v) is 1.91. The highest BCUT2D eigenvalue weighted by molar-refractivity contribution is 5.87. The van der Waals surface area contributed by atoms with Crippen molar-refractivity contribution in [3.05, 3.63) is 12.2 Å².